The number of fused-ring (bicyclic) bond motifs is 3. The highest BCUT2D eigenvalue weighted by Crippen LogP contribution is 2.44. The highest BCUT2D eigenvalue weighted by molar-refractivity contribution is 5.78. The summed E-state index contributed by atoms with van der Waals surface area (Å²) in [5, 5.41) is 7.16. The molecule has 2 nitrogen and oxygen atoms in total. The second-order valence-corrected chi connectivity index (χ2v) is 5.13. The van der Waals surface area contributed by atoms with Crippen LogP contribution in [0.3, 0.4) is 0 Å². The molecular weight excluding hydrogens is 232 g/mol. The largest absolute Gasteiger partial charge is 0.383 e. The third kappa shape index (κ3) is 1.64. The molecule has 0 saturated heterocycles. The molecule has 0 fully saturated rings. The molecule has 2 aliphatic rings. The van der Waals surface area contributed by atoms with Crippen molar-refractivity contribution in [3.63, 3.8) is 0 Å². The number of hydrogen-bond donors (Lipinski definition) is 2. The highest BCUT2D eigenvalue weighted by atomic mass is 15.0. The number of nitrogens with one attached hydrogen (secondary N) is 2. The molecule has 0 bridgehead atoms. The molecule has 2 heteroatoms. The molecule has 2 aliphatic heterocycles. The fourth-order valence-corrected chi connectivity index (χ4v) is 3.14. The van der Waals surface area contributed by atoms with Gasteiger partial charge in [0.05, 0.1) is 5.70 Å². The molecule has 2 aromatic carbocycles. The van der Waals surface area contributed by atoms with Crippen LogP contribution in [0.2, 0.25) is 0 Å². The van der Waals surface area contributed by atoms with Crippen LogP contribution in [0.1, 0.15) is 23.5 Å². The van der Waals surface area contributed by atoms with Gasteiger partial charge in [0, 0.05) is 23.8 Å². The summed E-state index contributed by atoms with van der Waals surface area (Å²) in [6.07, 6.45) is 1.16. The van der Waals surface area contributed by atoms with Crippen molar-refractivity contribution in [3.05, 3.63) is 71.4 Å². The monoisotopic (exact) mass is 248 g/mol. The first-order chi connectivity index (χ1) is 9.43. The molecule has 0 aromatic heterocycles. The van der Waals surface area contributed by atoms with Crippen LogP contribution in [0, 0.1) is 0 Å². The average molecular weight is 248 g/mol. The maximum Gasteiger partial charge on any atom is 0.0616 e. The average Bonchev–Trinajstić information content (AvgIpc) is 2.87. The van der Waals surface area contributed by atoms with E-state index in [2.05, 4.69) is 65.2 Å². The van der Waals surface area contributed by atoms with Crippen LogP contribution < -0.4 is 10.6 Å². The molecular formula is C17H16N2. The predicted octanol–water partition coefficient (Wildman–Crippen LogP) is 3.56. The highest BCUT2D eigenvalue weighted by Gasteiger charge is 2.32. The van der Waals surface area contributed by atoms with Crippen molar-refractivity contribution >= 4 is 11.4 Å². The Kier molecular flexibility index (Phi) is 2.34. The Morgan fingerprint density at radius 1 is 0.895 bits per heavy atom. The SMILES string of the molecule is c1ccc(C2=C3Nc4ccccc4C3CCN2)cc1. The zero-order valence-electron chi connectivity index (χ0n) is 10.7. The van der Waals surface area contributed by atoms with Crippen LogP contribution in [0.4, 0.5) is 5.69 Å². The van der Waals surface area contributed by atoms with Gasteiger partial charge in [-0.25, -0.2) is 0 Å². The molecule has 0 aliphatic carbocycles. The van der Waals surface area contributed by atoms with Crippen LogP contribution in [-0.2, 0) is 0 Å². The Labute approximate surface area is 113 Å². The van der Waals surface area contributed by atoms with Gasteiger partial charge in [0.2, 0.25) is 0 Å². The van der Waals surface area contributed by atoms with E-state index >= 15 is 0 Å². The van der Waals surface area contributed by atoms with E-state index < -0.39 is 0 Å². The molecule has 19 heavy (non-hydrogen) atoms. The van der Waals surface area contributed by atoms with Crippen LogP contribution in [0.15, 0.2) is 60.3 Å². The first kappa shape index (κ1) is 10.7. The number of para-hydroxylation sites is 1. The maximum absolute atomic E-state index is 3.60. The van der Waals surface area contributed by atoms with Gasteiger partial charge in [-0.05, 0) is 23.6 Å². The van der Waals surface area contributed by atoms with Crippen molar-refractivity contribution < 1.29 is 0 Å². The van der Waals surface area contributed by atoms with E-state index in [0.29, 0.717) is 5.92 Å². The fraction of sp³-hybridized carbons (Fsp3) is 0.176. The van der Waals surface area contributed by atoms with E-state index in [0.717, 1.165) is 13.0 Å². The van der Waals surface area contributed by atoms with E-state index in [-0.39, 0.29) is 0 Å². The van der Waals surface area contributed by atoms with E-state index in [9.17, 15) is 0 Å². The van der Waals surface area contributed by atoms with Crippen molar-refractivity contribution in [2.75, 3.05) is 11.9 Å². The zero-order valence-corrected chi connectivity index (χ0v) is 10.7. The molecule has 2 N–H and O–H groups in total. The molecule has 2 heterocycles. The van der Waals surface area contributed by atoms with Crippen molar-refractivity contribution in [2.24, 2.45) is 0 Å². The van der Waals surface area contributed by atoms with Gasteiger partial charge < -0.3 is 10.6 Å². The van der Waals surface area contributed by atoms with Crippen molar-refractivity contribution in [3.8, 4) is 0 Å². The lowest BCUT2D eigenvalue weighted by Gasteiger charge is -2.25. The quantitative estimate of drug-likeness (QED) is 0.806. The van der Waals surface area contributed by atoms with Gasteiger partial charge in [-0.3, -0.25) is 0 Å². The minimum absolute atomic E-state index is 0.521. The van der Waals surface area contributed by atoms with Crippen LogP contribution >= 0.6 is 0 Å². The Bertz CT molecular complexity index is 643. The summed E-state index contributed by atoms with van der Waals surface area (Å²) in [7, 11) is 0. The van der Waals surface area contributed by atoms with Gasteiger partial charge in [0.1, 0.15) is 0 Å². The Morgan fingerprint density at radius 2 is 1.68 bits per heavy atom. The summed E-state index contributed by atoms with van der Waals surface area (Å²) in [6.45, 7) is 1.04. The molecule has 1 unspecified atom stereocenters. The van der Waals surface area contributed by atoms with Gasteiger partial charge in [-0.1, -0.05) is 48.5 Å². The second kappa shape index (κ2) is 4.16. The lowest BCUT2D eigenvalue weighted by Crippen LogP contribution is -2.25. The first-order valence-corrected chi connectivity index (χ1v) is 6.83. The molecule has 94 valence electrons. The summed E-state index contributed by atoms with van der Waals surface area (Å²) >= 11 is 0. The molecule has 4 rings (SSSR count). The molecule has 0 saturated carbocycles. The summed E-state index contributed by atoms with van der Waals surface area (Å²) in [5.41, 5.74) is 6.56. The van der Waals surface area contributed by atoms with E-state index in [4.69, 9.17) is 0 Å². The molecule has 0 spiro atoms. The van der Waals surface area contributed by atoms with Crippen molar-refractivity contribution in [1.29, 1.82) is 0 Å². The number of hydrogen-bond acceptors (Lipinski definition) is 2. The van der Waals surface area contributed by atoms with Gasteiger partial charge in [0.15, 0.2) is 0 Å². The minimum Gasteiger partial charge on any atom is -0.383 e. The standard InChI is InChI=1S/C17H16N2/c1-2-6-12(7-3-1)16-17-14(10-11-18-16)13-8-4-5-9-15(13)19-17/h1-9,14,18-19H,10-11H2. The summed E-state index contributed by atoms with van der Waals surface area (Å²) in [5.74, 6) is 0.521. The summed E-state index contributed by atoms with van der Waals surface area (Å²) in [6, 6.07) is 19.2. The normalized spacial score (nSPS) is 20.3. The lowest BCUT2D eigenvalue weighted by atomic mass is 9.90. The van der Waals surface area contributed by atoms with Crippen molar-refractivity contribution in [2.45, 2.75) is 12.3 Å². The number of allylic oxidation sites excluding steroid dienone is 1. The summed E-state index contributed by atoms with van der Waals surface area (Å²) < 4.78 is 0. The van der Waals surface area contributed by atoms with E-state index in [1.165, 1.54) is 28.2 Å². The Balaban J connectivity index is 1.86. The topological polar surface area (TPSA) is 24.1 Å². The van der Waals surface area contributed by atoms with E-state index in [1.54, 1.807) is 0 Å². The number of rotatable bonds is 1. The number of benzene rings is 2. The molecule has 0 radical (unpaired) electrons. The summed E-state index contributed by atoms with van der Waals surface area (Å²) in [4.78, 5) is 0. The van der Waals surface area contributed by atoms with Gasteiger partial charge in [-0.15, -0.1) is 0 Å². The molecule has 0 amide bonds. The number of anilines is 1. The van der Waals surface area contributed by atoms with Crippen LogP contribution in [0.25, 0.3) is 5.70 Å². The lowest BCUT2D eigenvalue weighted by molar-refractivity contribution is 0.657. The zero-order chi connectivity index (χ0) is 12.7. The van der Waals surface area contributed by atoms with E-state index in [1.807, 2.05) is 0 Å². The first-order valence-electron chi connectivity index (χ1n) is 6.83. The van der Waals surface area contributed by atoms with Gasteiger partial charge in [0.25, 0.3) is 0 Å². The molecule has 1 atom stereocenters. The second-order valence-electron chi connectivity index (χ2n) is 5.13. The third-order valence-corrected chi connectivity index (χ3v) is 4.02. The van der Waals surface area contributed by atoms with Crippen LogP contribution in [0.5, 0.6) is 0 Å². The van der Waals surface area contributed by atoms with Gasteiger partial charge in [-0.2, -0.15) is 0 Å². The Hall–Kier alpha value is -2.22. The smallest absolute Gasteiger partial charge is 0.0616 e. The predicted molar refractivity (Wildman–Crippen MR) is 78.8 cm³/mol. The fourth-order valence-electron chi connectivity index (χ4n) is 3.14. The molecule has 2 aromatic rings. The van der Waals surface area contributed by atoms with Crippen LogP contribution in [-0.4, -0.2) is 6.54 Å². The van der Waals surface area contributed by atoms with Gasteiger partial charge >= 0.3 is 0 Å². The maximum atomic E-state index is 3.60. The minimum atomic E-state index is 0.521. The Morgan fingerprint density at radius 3 is 2.58 bits per heavy atom. The van der Waals surface area contributed by atoms with Crippen molar-refractivity contribution in [1.82, 2.24) is 5.32 Å². The third-order valence-electron chi connectivity index (χ3n) is 4.02.